The monoisotopic (exact) mass is 586 g/mol. The number of hydrogen-bond donors (Lipinski definition) is 4. The molecule has 214 valence electrons. The van der Waals surface area contributed by atoms with Crippen molar-refractivity contribution in [2.24, 2.45) is 0 Å². The number of hydrogen-bond acceptors (Lipinski definition) is 10. The predicted molar refractivity (Wildman–Crippen MR) is 161 cm³/mol. The fraction of sp³-hybridized carbons (Fsp3) is 0.407. The van der Waals surface area contributed by atoms with Crippen molar-refractivity contribution in [3.05, 3.63) is 53.7 Å². The molecule has 2 aliphatic heterocycles. The molecule has 3 heterocycles. The zero-order chi connectivity index (χ0) is 28.1. The lowest BCUT2D eigenvalue weighted by Crippen LogP contribution is -2.52. The molecule has 13 heteroatoms. The van der Waals surface area contributed by atoms with Crippen LogP contribution >= 0.6 is 11.6 Å². The summed E-state index contributed by atoms with van der Waals surface area (Å²) in [4.78, 5) is 13.9. The SMILES string of the molecule is COc1cc(N2CCN(C3CCNCC3)CC2)ccc1Nc1ncc(Cl)c(Nc2ccccc2NS(C)(=O)=O)n1. The van der Waals surface area contributed by atoms with Crippen LogP contribution in [0.25, 0.3) is 0 Å². The predicted octanol–water partition coefficient (Wildman–Crippen LogP) is 3.87. The molecule has 2 fully saturated rings. The molecule has 3 aromatic rings. The van der Waals surface area contributed by atoms with Crippen LogP contribution in [0.15, 0.2) is 48.7 Å². The van der Waals surface area contributed by atoms with Gasteiger partial charge in [-0.2, -0.15) is 4.98 Å². The molecule has 0 radical (unpaired) electrons. The summed E-state index contributed by atoms with van der Waals surface area (Å²) in [5, 5.41) is 10.1. The third-order valence-electron chi connectivity index (χ3n) is 7.16. The average molecular weight is 587 g/mol. The maximum Gasteiger partial charge on any atom is 0.229 e. The summed E-state index contributed by atoms with van der Waals surface area (Å²) >= 11 is 6.37. The van der Waals surface area contributed by atoms with Crippen molar-refractivity contribution < 1.29 is 13.2 Å². The van der Waals surface area contributed by atoms with Gasteiger partial charge in [-0.3, -0.25) is 9.62 Å². The summed E-state index contributed by atoms with van der Waals surface area (Å²) in [6.45, 7) is 6.29. The normalized spacial score (nSPS) is 16.9. The Morgan fingerprint density at radius 3 is 2.42 bits per heavy atom. The van der Waals surface area contributed by atoms with Crippen molar-refractivity contribution in [1.82, 2.24) is 20.2 Å². The van der Waals surface area contributed by atoms with Gasteiger partial charge in [-0.1, -0.05) is 23.7 Å². The fourth-order valence-electron chi connectivity index (χ4n) is 5.14. The van der Waals surface area contributed by atoms with E-state index in [1.165, 1.54) is 19.0 Å². The van der Waals surface area contributed by atoms with Crippen LogP contribution in [0.2, 0.25) is 5.02 Å². The molecule has 2 saturated heterocycles. The molecular weight excluding hydrogens is 552 g/mol. The van der Waals surface area contributed by atoms with Gasteiger partial charge >= 0.3 is 0 Å². The number of benzene rings is 2. The van der Waals surface area contributed by atoms with Crippen LogP contribution < -0.4 is 30.3 Å². The number of piperazine rings is 1. The molecule has 5 rings (SSSR count). The summed E-state index contributed by atoms with van der Waals surface area (Å²) in [5.74, 6) is 1.31. The van der Waals surface area contributed by atoms with E-state index in [9.17, 15) is 8.42 Å². The van der Waals surface area contributed by atoms with E-state index in [0.717, 1.165) is 51.2 Å². The minimum Gasteiger partial charge on any atom is -0.494 e. The zero-order valence-corrected chi connectivity index (χ0v) is 24.2. The first-order chi connectivity index (χ1) is 19.3. The molecule has 0 atom stereocenters. The van der Waals surface area contributed by atoms with Gasteiger partial charge in [-0.25, -0.2) is 13.4 Å². The van der Waals surface area contributed by atoms with Crippen molar-refractivity contribution >= 4 is 56.1 Å². The Kier molecular flexibility index (Phi) is 8.79. The van der Waals surface area contributed by atoms with E-state index in [4.69, 9.17) is 16.3 Å². The average Bonchev–Trinajstić information content (AvgIpc) is 2.96. The minimum absolute atomic E-state index is 0.283. The van der Waals surface area contributed by atoms with Gasteiger partial charge in [0.2, 0.25) is 16.0 Å². The number of sulfonamides is 1. The molecule has 0 bridgehead atoms. The number of nitrogens with one attached hydrogen (secondary N) is 4. The molecule has 0 spiro atoms. The van der Waals surface area contributed by atoms with Crippen LogP contribution in [0, 0.1) is 0 Å². The van der Waals surface area contributed by atoms with Crippen LogP contribution in [0.4, 0.5) is 34.5 Å². The van der Waals surface area contributed by atoms with Gasteiger partial charge < -0.3 is 25.6 Å². The third-order valence-corrected chi connectivity index (χ3v) is 8.02. The van der Waals surface area contributed by atoms with Crippen molar-refractivity contribution in [3.63, 3.8) is 0 Å². The van der Waals surface area contributed by atoms with E-state index < -0.39 is 10.0 Å². The number of piperidine rings is 1. The first-order valence-electron chi connectivity index (χ1n) is 13.3. The Balaban J connectivity index is 1.28. The summed E-state index contributed by atoms with van der Waals surface area (Å²) in [6.07, 6.45) is 5.02. The van der Waals surface area contributed by atoms with Gasteiger partial charge in [0.1, 0.15) is 10.8 Å². The maximum atomic E-state index is 11.8. The number of ether oxygens (including phenoxy) is 1. The Hall–Kier alpha value is -3.32. The molecule has 0 amide bonds. The second-order valence-corrected chi connectivity index (χ2v) is 12.1. The molecule has 11 nitrogen and oxygen atoms in total. The molecular formula is C27H35ClN8O3S. The maximum absolute atomic E-state index is 11.8. The van der Waals surface area contributed by atoms with Gasteiger partial charge in [0, 0.05) is 44.0 Å². The van der Waals surface area contributed by atoms with Gasteiger partial charge in [-0.15, -0.1) is 0 Å². The summed E-state index contributed by atoms with van der Waals surface area (Å²) in [7, 11) is -1.83. The highest BCUT2D eigenvalue weighted by Gasteiger charge is 2.25. The quantitative estimate of drug-likeness (QED) is 0.294. The molecule has 2 aliphatic rings. The van der Waals surface area contributed by atoms with Crippen molar-refractivity contribution in [2.75, 3.05) is 72.9 Å². The van der Waals surface area contributed by atoms with Crippen LogP contribution in [-0.2, 0) is 10.0 Å². The van der Waals surface area contributed by atoms with Gasteiger partial charge in [0.25, 0.3) is 0 Å². The Labute approximate surface area is 240 Å². The lowest BCUT2D eigenvalue weighted by molar-refractivity contribution is 0.153. The van der Waals surface area contributed by atoms with Gasteiger partial charge in [-0.05, 0) is 50.2 Å². The molecule has 0 saturated carbocycles. The first-order valence-corrected chi connectivity index (χ1v) is 15.6. The summed E-state index contributed by atoms with van der Waals surface area (Å²) < 4.78 is 31.8. The fourth-order valence-corrected chi connectivity index (χ4v) is 5.86. The largest absolute Gasteiger partial charge is 0.494 e. The number of aromatic nitrogens is 2. The molecule has 0 unspecified atom stereocenters. The lowest BCUT2D eigenvalue weighted by Gasteiger charge is -2.41. The number of halogens is 1. The van der Waals surface area contributed by atoms with Crippen LogP contribution in [0.1, 0.15) is 12.8 Å². The number of para-hydroxylation sites is 2. The lowest BCUT2D eigenvalue weighted by atomic mass is 10.0. The topological polar surface area (TPSA) is 124 Å². The van der Waals surface area contributed by atoms with Crippen molar-refractivity contribution in [1.29, 1.82) is 0 Å². The highest BCUT2D eigenvalue weighted by molar-refractivity contribution is 7.92. The van der Waals surface area contributed by atoms with Gasteiger partial charge in [0.15, 0.2) is 5.82 Å². The Morgan fingerprint density at radius 2 is 1.73 bits per heavy atom. The first kappa shape index (κ1) is 28.2. The highest BCUT2D eigenvalue weighted by atomic mass is 35.5. The standard InChI is InChI=1S/C27H35ClN8O3S/c1-39-25-17-20(36-15-13-35(14-16-36)19-9-11-29-12-10-19)7-8-24(25)32-27-30-18-21(28)26(33-27)31-22-5-3-4-6-23(22)34-40(2,37)38/h3-8,17-19,29,34H,9-16H2,1-2H3,(H2,30,31,32,33). The molecule has 40 heavy (non-hydrogen) atoms. The van der Waals surface area contributed by atoms with E-state index in [2.05, 4.69) is 46.5 Å². The number of rotatable bonds is 9. The number of nitrogens with zero attached hydrogens (tertiary/aromatic N) is 4. The van der Waals surface area contributed by atoms with E-state index in [1.807, 2.05) is 12.1 Å². The van der Waals surface area contributed by atoms with E-state index >= 15 is 0 Å². The van der Waals surface area contributed by atoms with Gasteiger partial charge in [0.05, 0.1) is 36.6 Å². The van der Waals surface area contributed by atoms with Crippen LogP contribution in [0.5, 0.6) is 5.75 Å². The third kappa shape index (κ3) is 7.05. The smallest absolute Gasteiger partial charge is 0.229 e. The molecule has 1 aromatic heterocycles. The molecule has 0 aliphatic carbocycles. The second kappa shape index (κ2) is 12.5. The van der Waals surface area contributed by atoms with Crippen LogP contribution in [-0.4, -0.2) is 82.0 Å². The van der Waals surface area contributed by atoms with E-state index in [-0.39, 0.29) is 5.02 Å². The van der Waals surface area contributed by atoms with Crippen molar-refractivity contribution in [3.8, 4) is 5.75 Å². The second-order valence-electron chi connectivity index (χ2n) is 9.95. The summed E-state index contributed by atoms with van der Waals surface area (Å²) in [6, 6.07) is 13.7. The Bertz CT molecular complexity index is 1430. The van der Waals surface area contributed by atoms with Crippen LogP contribution in [0.3, 0.4) is 0 Å². The number of anilines is 6. The Morgan fingerprint density at radius 1 is 1.00 bits per heavy atom. The summed E-state index contributed by atoms with van der Waals surface area (Å²) in [5.41, 5.74) is 2.71. The number of methoxy groups -OCH3 is 1. The minimum atomic E-state index is -3.47. The van der Waals surface area contributed by atoms with E-state index in [1.54, 1.807) is 31.4 Å². The van der Waals surface area contributed by atoms with E-state index in [0.29, 0.717) is 40.6 Å². The molecule has 2 aromatic carbocycles. The molecule has 4 N–H and O–H groups in total. The highest BCUT2D eigenvalue weighted by Crippen LogP contribution is 2.34. The van der Waals surface area contributed by atoms with Crippen molar-refractivity contribution in [2.45, 2.75) is 18.9 Å². The zero-order valence-electron chi connectivity index (χ0n) is 22.7.